The summed E-state index contributed by atoms with van der Waals surface area (Å²) in [6, 6.07) is 15.1. The number of hydrogen-bond acceptors (Lipinski definition) is 2. The van der Waals surface area contributed by atoms with E-state index in [4.69, 9.17) is 0 Å². The fraction of sp³-hybridized carbons (Fsp3) is 0.519. The number of hydrogen-bond donors (Lipinski definition) is 1. The summed E-state index contributed by atoms with van der Waals surface area (Å²) in [5.41, 5.74) is 6.25. The number of piperidine rings is 1. The molecule has 1 fully saturated rings. The summed E-state index contributed by atoms with van der Waals surface area (Å²) >= 11 is 0. The van der Waals surface area contributed by atoms with Crippen LogP contribution in [0.1, 0.15) is 84.6 Å². The van der Waals surface area contributed by atoms with E-state index >= 15 is 0 Å². The van der Waals surface area contributed by atoms with E-state index in [9.17, 15) is 4.79 Å². The van der Waals surface area contributed by atoms with Crippen molar-refractivity contribution in [3.63, 3.8) is 0 Å². The van der Waals surface area contributed by atoms with Gasteiger partial charge in [0, 0.05) is 12.1 Å². The Hall–Kier alpha value is -2.13. The van der Waals surface area contributed by atoms with Gasteiger partial charge >= 0.3 is 0 Å². The van der Waals surface area contributed by atoms with E-state index in [0.717, 1.165) is 24.4 Å². The van der Waals surface area contributed by atoms with Crippen molar-refractivity contribution in [2.45, 2.75) is 71.4 Å². The van der Waals surface area contributed by atoms with E-state index in [1.807, 2.05) is 12.1 Å². The molecule has 0 aromatic heterocycles. The second kappa shape index (κ2) is 9.78. The zero-order valence-electron chi connectivity index (χ0n) is 18.6. The maximum atomic E-state index is 12.9. The quantitative estimate of drug-likeness (QED) is 0.672. The van der Waals surface area contributed by atoms with E-state index < -0.39 is 0 Å². The molecule has 30 heavy (non-hydrogen) atoms. The van der Waals surface area contributed by atoms with Crippen LogP contribution in [0, 0.1) is 5.92 Å². The van der Waals surface area contributed by atoms with Crippen molar-refractivity contribution < 1.29 is 4.79 Å². The molecule has 1 amide bonds. The van der Waals surface area contributed by atoms with Gasteiger partial charge in [-0.15, -0.1) is 0 Å². The van der Waals surface area contributed by atoms with Crippen LogP contribution in [0.3, 0.4) is 0 Å². The van der Waals surface area contributed by atoms with E-state index in [1.54, 1.807) is 0 Å². The van der Waals surface area contributed by atoms with Crippen molar-refractivity contribution in [2.24, 2.45) is 5.92 Å². The van der Waals surface area contributed by atoms with Gasteiger partial charge in [-0.2, -0.15) is 0 Å². The standard InChI is InChI=1S/C27H36N2O/c1-3-26(25-13-12-22-6-4-5-7-24(22)18-25)28-27(30)23-10-8-21(9-11-23)19-29-16-14-20(2)15-17-29/h8-13,18,20,26H,3-7,14-17,19H2,1-2H3,(H,28,30). The molecule has 1 N–H and O–H groups in total. The molecule has 2 aromatic rings. The van der Waals surface area contributed by atoms with E-state index in [1.165, 1.54) is 73.9 Å². The molecule has 1 heterocycles. The smallest absolute Gasteiger partial charge is 0.251 e. The predicted molar refractivity (Wildman–Crippen MR) is 124 cm³/mol. The van der Waals surface area contributed by atoms with Crippen LogP contribution in [0.15, 0.2) is 42.5 Å². The maximum Gasteiger partial charge on any atom is 0.251 e. The fourth-order valence-electron chi connectivity index (χ4n) is 4.87. The highest BCUT2D eigenvalue weighted by Crippen LogP contribution is 2.26. The van der Waals surface area contributed by atoms with Crippen LogP contribution in [0.25, 0.3) is 0 Å². The normalized spacial score (nSPS) is 18.6. The van der Waals surface area contributed by atoms with Gasteiger partial charge in [0.2, 0.25) is 0 Å². The zero-order chi connectivity index (χ0) is 20.9. The number of amides is 1. The molecule has 3 nitrogen and oxygen atoms in total. The molecule has 1 aliphatic carbocycles. The zero-order valence-corrected chi connectivity index (χ0v) is 18.6. The topological polar surface area (TPSA) is 32.3 Å². The SMILES string of the molecule is CCC(NC(=O)c1ccc(CN2CCC(C)CC2)cc1)c1ccc2c(c1)CCCC2. The molecule has 0 radical (unpaired) electrons. The molecule has 4 rings (SSSR count). The van der Waals surface area contributed by atoms with Crippen molar-refractivity contribution in [3.05, 3.63) is 70.3 Å². The summed E-state index contributed by atoms with van der Waals surface area (Å²) in [6.45, 7) is 7.84. The van der Waals surface area contributed by atoms with Crippen molar-refractivity contribution >= 4 is 5.91 Å². The van der Waals surface area contributed by atoms with Crippen LogP contribution in [-0.4, -0.2) is 23.9 Å². The highest BCUT2D eigenvalue weighted by Gasteiger charge is 2.18. The van der Waals surface area contributed by atoms with Crippen LogP contribution in [0.4, 0.5) is 0 Å². The van der Waals surface area contributed by atoms with Gasteiger partial charge < -0.3 is 5.32 Å². The van der Waals surface area contributed by atoms with Gasteiger partial charge in [0.1, 0.15) is 0 Å². The molecule has 2 aromatic carbocycles. The molecular formula is C27H36N2O. The largest absolute Gasteiger partial charge is 0.345 e. The number of carbonyl (C=O) groups is 1. The highest BCUT2D eigenvalue weighted by atomic mass is 16.1. The molecule has 0 saturated carbocycles. The Labute approximate surface area is 181 Å². The summed E-state index contributed by atoms with van der Waals surface area (Å²) in [6.07, 6.45) is 8.43. The van der Waals surface area contributed by atoms with Crippen molar-refractivity contribution in [3.8, 4) is 0 Å². The first-order chi connectivity index (χ1) is 14.6. The lowest BCUT2D eigenvalue weighted by Gasteiger charge is -2.30. The summed E-state index contributed by atoms with van der Waals surface area (Å²) in [7, 11) is 0. The molecule has 1 unspecified atom stereocenters. The highest BCUT2D eigenvalue weighted by molar-refractivity contribution is 5.94. The Morgan fingerprint density at radius 1 is 1.03 bits per heavy atom. The number of aryl methyl sites for hydroxylation is 2. The lowest BCUT2D eigenvalue weighted by atomic mass is 9.88. The number of benzene rings is 2. The first-order valence-electron chi connectivity index (χ1n) is 11.9. The van der Waals surface area contributed by atoms with Crippen LogP contribution in [0.2, 0.25) is 0 Å². The average molecular weight is 405 g/mol. The Morgan fingerprint density at radius 3 is 2.43 bits per heavy atom. The summed E-state index contributed by atoms with van der Waals surface area (Å²) in [5, 5.41) is 3.26. The third-order valence-corrected chi connectivity index (χ3v) is 6.99. The lowest BCUT2D eigenvalue weighted by molar-refractivity contribution is 0.0935. The fourth-order valence-corrected chi connectivity index (χ4v) is 4.87. The minimum absolute atomic E-state index is 0.0258. The van der Waals surface area contributed by atoms with E-state index in [0.29, 0.717) is 0 Å². The molecule has 160 valence electrons. The summed E-state index contributed by atoms with van der Waals surface area (Å²) in [4.78, 5) is 15.4. The molecule has 1 aliphatic heterocycles. The van der Waals surface area contributed by atoms with Crippen molar-refractivity contribution in [1.82, 2.24) is 10.2 Å². The molecule has 1 atom stereocenters. The predicted octanol–water partition coefficient (Wildman–Crippen LogP) is 5.68. The van der Waals surface area contributed by atoms with Gasteiger partial charge in [-0.3, -0.25) is 9.69 Å². The van der Waals surface area contributed by atoms with E-state index in [-0.39, 0.29) is 11.9 Å². The van der Waals surface area contributed by atoms with Crippen LogP contribution in [0.5, 0.6) is 0 Å². The molecule has 0 spiro atoms. The van der Waals surface area contributed by atoms with Crippen LogP contribution in [-0.2, 0) is 19.4 Å². The maximum absolute atomic E-state index is 12.9. The molecule has 3 heteroatoms. The number of carbonyl (C=O) groups excluding carboxylic acids is 1. The second-order valence-corrected chi connectivity index (χ2v) is 9.33. The summed E-state index contributed by atoms with van der Waals surface area (Å²) in [5.74, 6) is 0.881. The number of rotatable bonds is 6. The Kier molecular flexibility index (Phi) is 6.89. The Morgan fingerprint density at radius 2 is 1.73 bits per heavy atom. The van der Waals surface area contributed by atoms with E-state index in [2.05, 4.69) is 54.4 Å². The average Bonchev–Trinajstić information content (AvgIpc) is 2.79. The third-order valence-electron chi connectivity index (χ3n) is 6.99. The first-order valence-corrected chi connectivity index (χ1v) is 11.9. The van der Waals surface area contributed by atoms with Crippen LogP contribution < -0.4 is 5.32 Å². The summed E-state index contributed by atoms with van der Waals surface area (Å²) < 4.78 is 0. The van der Waals surface area contributed by atoms with Gasteiger partial charge in [0.25, 0.3) is 5.91 Å². The number of nitrogens with one attached hydrogen (secondary N) is 1. The molecule has 1 saturated heterocycles. The monoisotopic (exact) mass is 404 g/mol. The lowest BCUT2D eigenvalue weighted by Crippen LogP contribution is -2.32. The van der Waals surface area contributed by atoms with Gasteiger partial charge in [0.15, 0.2) is 0 Å². The first kappa shape index (κ1) is 21.1. The number of likely N-dealkylation sites (tertiary alicyclic amines) is 1. The number of fused-ring (bicyclic) bond motifs is 1. The molecular weight excluding hydrogens is 368 g/mol. The third kappa shape index (κ3) is 5.13. The minimum atomic E-state index is 0.0258. The van der Waals surface area contributed by atoms with Gasteiger partial charge in [-0.05, 0) is 98.3 Å². The van der Waals surface area contributed by atoms with Gasteiger partial charge in [0.05, 0.1) is 6.04 Å². The Bertz CT molecular complexity index is 850. The second-order valence-electron chi connectivity index (χ2n) is 9.33. The Balaban J connectivity index is 1.37. The minimum Gasteiger partial charge on any atom is -0.345 e. The van der Waals surface area contributed by atoms with Crippen molar-refractivity contribution in [1.29, 1.82) is 0 Å². The van der Waals surface area contributed by atoms with Gasteiger partial charge in [-0.25, -0.2) is 0 Å². The van der Waals surface area contributed by atoms with Gasteiger partial charge in [-0.1, -0.05) is 44.2 Å². The molecule has 2 aliphatic rings. The van der Waals surface area contributed by atoms with Crippen LogP contribution >= 0.6 is 0 Å². The van der Waals surface area contributed by atoms with Crippen molar-refractivity contribution in [2.75, 3.05) is 13.1 Å². The number of nitrogens with zero attached hydrogens (tertiary/aromatic N) is 1. The molecule has 0 bridgehead atoms.